The number of carboxylic acids is 1. The van der Waals surface area contributed by atoms with E-state index in [2.05, 4.69) is 10.2 Å². The molecule has 1 aromatic carbocycles. The predicted octanol–water partition coefficient (Wildman–Crippen LogP) is 2.02. The van der Waals surface area contributed by atoms with Crippen molar-refractivity contribution in [1.29, 1.82) is 0 Å². The minimum absolute atomic E-state index is 0.0208. The summed E-state index contributed by atoms with van der Waals surface area (Å²) in [5.41, 5.74) is 0. The predicted molar refractivity (Wildman–Crippen MR) is 134 cm³/mol. The van der Waals surface area contributed by atoms with E-state index >= 15 is 0 Å². The first-order valence-electron chi connectivity index (χ1n) is 12.6. The molecular weight excluding hydrogens is 529 g/mol. The van der Waals surface area contributed by atoms with Gasteiger partial charge in [0, 0.05) is 45.7 Å². The Morgan fingerprint density at radius 1 is 1.03 bits per heavy atom. The average Bonchev–Trinajstić information content (AvgIpc) is 2.91. The van der Waals surface area contributed by atoms with Gasteiger partial charge in [-0.3, -0.25) is 4.79 Å². The van der Waals surface area contributed by atoms with Crippen LogP contribution in [0, 0.1) is 0 Å². The third-order valence-corrected chi connectivity index (χ3v) is 8.23. The molecule has 38 heavy (non-hydrogen) atoms. The summed E-state index contributed by atoms with van der Waals surface area (Å²) in [6.07, 6.45) is -0.404. The lowest BCUT2D eigenvalue weighted by Gasteiger charge is -2.30. The minimum atomic E-state index is -5.08. The van der Waals surface area contributed by atoms with Gasteiger partial charge in [-0.25, -0.2) is 13.2 Å². The number of carbonyl (C=O) groups excluding carboxylic acids is 1. The summed E-state index contributed by atoms with van der Waals surface area (Å²) >= 11 is 0. The quantitative estimate of drug-likeness (QED) is 0.442. The maximum Gasteiger partial charge on any atom is 0.490 e. The first-order valence-corrected chi connectivity index (χ1v) is 14.0. The van der Waals surface area contributed by atoms with E-state index < -0.39 is 22.2 Å². The average molecular weight is 567 g/mol. The fourth-order valence-corrected chi connectivity index (χ4v) is 5.67. The zero-order chi connectivity index (χ0) is 28.2. The van der Waals surface area contributed by atoms with E-state index in [-0.39, 0.29) is 23.8 Å². The molecule has 0 spiro atoms. The lowest BCUT2D eigenvalue weighted by Crippen LogP contribution is -2.47. The number of benzene rings is 1. The number of piperazine rings is 1. The van der Waals surface area contributed by atoms with Crippen LogP contribution in [0.2, 0.25) is 0 Å². The Kier molecular flexibility index (Phi) is 12.8. The van der Waals surface area contributed by atoms with Crippen molar-refractivity contribution in [1.82, 2.24) is 19.4 Å². The third-order valence-electron chi connectivity index (χ3n) is 6.32. The second kappa shape index (κ2) is 15.2. The number of rotatable bonds is 10. The van der Waals surface area contributed by atoms with Crippen LogP contribution in [-0.2, 0) is 19.6 Å². The number of methoxy groups -OCH3 is 1. The Hall–Kier alpha value is -2.42. The fraction of sp³-hybridized carbons (Fsp3) is 0.667. The van der Waals surface area contributed by atoms with E-state index in [0.717, 1.165) is 39.1 Å². The Labute approximate surface area is 221 Å². The number of hydrogen-bond acceptors (Lipinski definition) is 7. The molecular formula is C24H37F3N4O6S. The van der Waals surface area contributed by atoms with Crippen LogP contribution in [0.15, 0.2) is 29.2 Å². The van der Waals surface area contributed by atoms with E-state index in [1.165, 1.54) is 23.6 Å². The van der Waals surface area contributed by atoms with E-state index in [0.29, 0.717) is 25.4 Å². The maximum absolute atomic E-state index is 13.3. The van der Waals surface area contributed by atoms with Crippen molar-refractivity contribution in [2.75, 3.05) is 66.0 Å². The zero-order valence-electron chi connectivity index (χ0n) is 21.6. The molecule has 0 aromatic heterocycles. The van der Waals surface area contributed by atoms with E-state index in [9.17, 15) is 26.4 Å². The van der Waals surface area contributed by atoms with Gasteiger partial charge in [0.2, 0.25) is 15.9 Å². The Morgan fingerprint density at radius 2 is 1.61 bits per heavy atom. The highest BCUT2D eigenvalue weighted by atomic mass is 32.2. The summed E-state index contributed by atoms with van der Waals surface area (Å²) in [6.45, 7) is 6.62. The number of amides is 1. The van der Waals surface area contributed by atoms with Gasteiger partial charge in [-0.05, 0) is 63.2 Å². The van der Waals surface area contributed by atoms with Gasteiger partial charge in [0.25, 0.3) is 0 Å². The van der Waals surface area contributed by atoms with Crippen LogP contribution in [0.1, 0.15) is 32.1 Å². The highest BCUT2D eigenvalue weighted by molar-refractivity contribution is 7.89. The summed E-state index contributed by atoms with van der Waals surface area (Å²) in [6, 6.07) is 6.46. The molecule has 14 heteroatoms. The van der Waals surface area contributed by atoms with Crippen LogP contribution >= 0.6 is 0 Å². The van der Waals surface area contributed by atoms with Crippen LogP contribution in [0.5, 0.6) is 5.75 Å². The van der Waals surface area contributed by atoms with Crippen LogP contribution in [0.4, 0.5) is 13.2 Å². The van der Waals surface area contributed by atoms with Gasteiger partial charge >= 0.3 is 12.1 Å². The highest BCUT2D eigenvalue weighted by Gasteiger charge is 2.38. The Morgan fingerprint density at radius 3 is 2.13 bits per heavy atom. The van der Waals surface area contributed by atoms with Gasteiger partial charge in [0.15, 0.2) is 0 Å². The molecule has 3 rings (SSSR count). The van der Waals surface area contributed by atoms with Gasteiger partial charge in [-0.2, -0.15) is 17.5 Å². The minimum Gasteiger partial charge on any atom is -0.497 e. The number of alkyl halides is 3. The molecule has 2 aliphatic rings. The number of nitrogens with one attached hydrogen (secondary N) is 1. The number of sulfonamides is 1. The zero-order valence-corrected chi connectivity index (χ0v) is 22.4. The number of nitrogens with zero attached hydrogens (tertiary/aromatic N) is 3. The number of likely N-dealkylation sites (tertiary alicyclic amines) is 1. The largest absolute Gasteiger partial charge is 0.497 e. The Balaban J connectivity index is 0.000000638. The van der Waals surface area contributed by atoms with Crippen molar-refractivity contribution in [2.24, 2.45) is 0 Å². The molecule has 0 atom stereocenters. The molecule has 2 fully saturated rings. The summed E-state index contributed by atoms with van der Waals surface area (Å²) in [7, 11) is -2.13. The van der Waals surface area contributed by atoms with Crippen molar-refractivity contribution in [3.05, 3.63) is 24.3 Å². The molecule has 0 unspecified atom stereocenters. The number of carbonyl (C=O) groups is 2. The highest BCUT2D eigenvalue weighted by Crippen LogP contribution is 2.21. The summed E-state index contributed by atoms with van der Waals surface area (Å²) in [5.74, 6) is -2.12. The molecule has 2 N–H and O–H groups in total. The first-order chi connectivity index (χ1) is 17.9. The van der Waals surface area contributed by atoms with Gasteiger partial charge in [0.05, 0.1) is 12.0 Å². The van der Waals surface area contributed by atoms with E-state index in [1.807, 2.05) is 4.90 Å². The lowest BCUT2D eigenvalue weighted by atomic mass is 10.1. The second-order valence-electron chi connectivity index (χ2n) is 9.02. The number of hydrogen-bond donors (Lipinski definition) is 2. The van der Waals surface area contributed by atoms with Gasteiger partial charge in [-0.15, -0.1) is 0 Å². The fourth-order valence-electron chi connectivity index (χ4n) is 4.20. The number of ether oxygens (including phenoxy) is 1. The van der Waals surface area contributed by atoms with Gasteiger partial charge in [0.1, 0.15) is 5.75 Å². The molecule has 2 heterocycles. The molecule has 0 aliphatic carbocycles. The molecule has 216 valence electrons. The van der Waals surface area contributed by atoms with Crippen LogP contribution in [-0.4, -0.2) is 112 Å². The number of halogens is 3. The second-order valence-corrected chi connectivity index (χ2v) is 11.0. The molecule has 2 saturated heterocycles. The standard InChI is InChI=1S/C22H36N4O4S.C2HF3O2/c1-30-20-6-8-21(9-7-20)31(28,29)26(16-5-15-24-13-3-2-4-14-24)17-10-22(27)25-18-11-23-12-19-25;3-2(4,5)1(6)7/h6-9,23H,2-5,10-19H2,1H3;(H,6,7). The van der Waals surface area contributed by atoms with Crippen molar-refractivity contribution in [2.45, 2.75) is 43.2 Å². The molecule has 1 amide bonds. The van der Waals surface area contributed by atoms with E-state index in [4.69, 9.17) is 14.6 Å². The molecule has 2 aliphatic heterocycles. The summed E-state index contributed by atoms with van der Waals surface area (Å²) < 4.78 is 65.1. The van der Waals surface area contributed by atoms with Crippen LogP contribution in [0.25, 0.3) is 0 Å². The third kappa shape index (κ3) is 10.4. The molecule has 0 radical (unpaired) electrons. The van der Waals surface area contributed by atoms with Crippen LogP contribution in [0.3, 0.4) is 0 Å². The van der Waals surface area contributed by atoms with Crippen LogP contribution < -0.4 is 10.1 Å². The smallest absolute Gasteiger partial charge is 0.490 e. The lowest BCUT2D eigenvalue weighted by molar-refractivity contribution is -0.192. The van der Waals surface area contributed by atoms with Crippen molar-refractivity contribution < 1.29 is 41.0 Å². The Bertz CT molecular complexity index is 980. The molecule has 1 aromatic rings. The molecule has 0 bridgehead atoms. The number of carboxylic acid groups (broad SMARTS) is 1. The summed E-state index contributed by atoms with van der Waals surface area (Å²) in [4.78, 5) is 26.0. The number of piperidine rings is 1. The van der Waals surface area contributed by atoms with Gasteiger partial charge in [-0.1, -0.05) is 6.42 Å². The first kappa shape index (κ1) is 31.8. The van der Waals surface area contributed by atoms with Crippen molar-refractivity contribution in [3.8, 4) is 5.75 Å². The summed E-state index contributed by atoms with van der Waals surface area (Å²) in [5, 5.41) is 10.4. The normalized spacial score (nSPS) is 17.0. The molecule has 10 nitrogen and oxygen atoms in total. The van der Waals surface area contributed by atoms with Crippen molar-refractivity contribution >= 4 is 21.9 Å². The number of aliphatic carboxylic acids is 1. The van der Waals surface area contributed by atoms with Gasteiger partial charge < -0.3 is 25.0 Å². The topological polar surface area (TPSA) is 119 Å². The van der Waals surface area contributed by atoms with Crippen molar-refractivity contribution in [3.63, 3.8) is 0 Å². The SMILES string of the molecule is COc1ccc(S(=O)(=O)N(CCCN2CCCCC2)CCC(=O)N2CCNCC2)cc1.O=C(O)C(F)(F)F. The van der Waals surface area contributed by atoms with E-state index in [1.54, 1.807) is 31.4 Å². The monoisotopic (exact) mass is 566 g/mol. The maximum atomic E-state index is 13.3. The molecule has 0 saturated carbocycles.